The van der Waals surface area contributed by atoms with Gasteiger partial charge in [0, 0.05) is 17.3 Å². The molecule has 32 heavy (non-hydrogen) atoms. The standard InChI is InChI=1S/C24H15N5O2S/c25-21-18(22(30)26-24-29(21)27-23(32-24)20-11-5-13-31-20)14-16-8-4-12-28(16)19-10-3-7-15-6-1-2-9-17(15)19/h1-14,25H/b18-14-,25-21?. The Morgan fingerprint density at radius 3 is 2.75 bits per heavy atom. The molecule has 0 bridgehead atoms. The summed E-state index contributed by atoms with van der Waals surface area (Å²) in [4.78, 5) is 17.0. The van der Waals surface area contributed by atoms with Crippen molar-refractivity contribution in [3.05, 3.63) is 96.2 Å². The number of benzene rings is 2. The number of carbonyl (C=O) groups excluding carboxylic acids is 1. The van der Waals surface area contributed by atoms with Crippen molar-refractivity contribution >= 4 is 50.6 Å². The normalized spacial score (nSPS) is 17.1. The van der Waals surface area contributed by atoms with Crippen molar-refractivity contribution in [1.82, 2.24) is 9.58 Å². The average Bonchev–Trinajstić information content (AvgIpc) is 3.57. The quantitative estimate of drug-likeness (QED) is 0.462. The van der Waals surface area contributed by atoms with Crippen LogP contribution in [-0.2, 0) is 4.79 Å². The van der Waals surface area contributed by atoms with Crippen molar-refractivity contribution in [1.29, 1.82) is 5.41 Å². The van der Waals surface area contributed by atoms with Crippen molar-refractivity contribution in [3.8, 4) is 5.69 Å². The van der Waals surface area contributed by atoms with E-state index in [0.717, 1.165) is 22.2 Å². The lowest BCUT2D eigenvalue weighted by atomic mass is 10.1. The first-order valence-corrected chi connectivity index (χ1v) is 10.7. The van der Waals surface area contributed by atoms with Crippen LogP contribution in [0.2, 0.25) is 0 Å². The van der Waals surface area contributed by atoms with E-state index in [2.05, 4.69) is 28.3 Å². The first-order valence-electron chi connectivity index (χ1n) is 9.89. The molecule has 4 heterocycles. The molecule has 4 aromatic rings. The molecular formula is C24H15N5O2S. The van der Waals surface area contributed by atoms with Crippen molar-refractivity contribution in [3.63, 3.8) is 0 Å². The molecule has 0 spiro atoms. The minimum Gasteiger partial charge on any atom is -0.462 e. The zero-order valence-electron chi connectivity index (χ0n) is 16.6. The van der Waals surface area contributed by atoms with Crippen molar-refractivity contribution in [2.24, 2.45) is 10.1 Å². The van der Waals surface area contributed by atoms with E-state index >= 15 is 0 Å². The molecule has 2 aliphatic rings. The van der Waals surface area contributed by atoms with Crippen molar-refractivity contribution in [2.75, 3.05) is 0 Å². The van der Waals surface area contributed by atoms with Gasteiger partial charge in [-0.15, -0.1) is 0 Å². The second-order valence-electron chi connectivity index (χ2n) is 7.20. The third kappa shape index (κ3) is 2.92. The van der Waals surface area contributed by atoms with Crippen LogP contribution in [-0.4, -0.2) is 31.5 Å². The van der Waals surface area contributed by atoms with Crippen LogP contribution in [0.1, 0.15) is 11.5 Å². The molecule has 2 aromatic heterocycles. The van der Waals surface area contributed by atoms with Crippen molar-refractivity contribution in [2.45, 2.75) is 0 Å². The second kappa shape index (κ2) is 7.21. The predicted octanol–water partition coefficient (Wildman–Crippen LogP) is 4.89. The lowest BCUT2D eigenvalue weighted by Gasteiger charge is -2.20. The van der Waals surface area contributed by atoms with E-state index in [0.29, 0.717) is 16.0 Å². The number of nitrogens with zero attached hydrogens (tertiary/aromatic N) is 4. The molecule has 1 N–H and O–H groups in total. The van der Waals surface area contributed by atoms with Crippen LogP contribution in [0.3, 0.4) is 0 Å². The van der Waals surface area contributed by atoms with Gasteiger partial charge in [0.2, 0.25) is 5.17 Å². The molecule has 154 valence electrons. The topological polar surface area (TPSA) is 86.9 Å². The largest absolute Gasteiger partial charge is 0.462 e. The maximum atomic E-state index is 12.8. The maximum absolute atomic E-state index is 12.8. The molecule has 2 aliphatic heterocycles. The first kappa shape index (κ1) is 18.6. The van der Waals surface area contributed by atoms with E-state index in [1.807, 2.05) is 47.2 Å². The molecule has 6 rings (SSSR count). The Balaban J connectivity index is 1.41. The van der Waals surface area contributed by atoms with Crippen LogP contribution in [0.4, 0.5) is 0 Å². The third-order valence-electron chi connectivity index (χ3n) is 5.29. The molecule has 1 amide bonds. The second-order valence-corrected chi connectivity index (χ2v) is 8.16. The zero-order chi connectivity index (χ0) is 21.7. The van der Waals surface area contributed by atoms with Crippen molar-refractivity contribution < 1.29 is 9.21 Å². The number of aromatic nitrogens is 1. The number of carbonyl (C=O) groups is 1. The summed E-state index contributed by atoms with van der Waals surface area (Å²) in [5, 5.41) is 17.6. The summed E-state index contributed by atoms with van der Waals surface area (Å²) in [5.41, 5.74) is 1.95. The molecule has 0 saturated carbocycles. The highest BCUT2D eigenvalue weighted by molar-refractivity contribution is 8.27. The van der Waals surface area contributed by atoms with Crippen LogP contribution in [0.15, 0.2) is 99.3 Å². The van der Waals surface area contributed by atoms with E-state index in [1.54, 1.807) is 24.5 Å². The number of amides is 1. The number of rotatable bonds is 3. The predicted molar refractivity (Wildman–Crippen MR) is 126 cm³/mol. The summed E-state index contributed by atoms with van der Waals surface area (Å²) in [6.07, 6.45) is 5.19. The molecule has 0 fully saturated rings. The molecule has 0 radical (unpaired) electrons. The van der Waals surface area contributed by atoms with Gasteiger partial charge in [-0.2, -0.15) is 15.1 Å². The average molecular weight is 437 g/mol. The highest BCUT2D eigenvalue weighted by atomic mass is 32.2. The fourth-order valence-corrected chi connectivity index (χ4v) is 4.65. The van der Waals surface area contributed by atoms with E-state index in [4.69, 9.17) is 9.83 Å². The van der Waals surface area contributed by atoms with Crippen LogP contribution < -0.4 is 0 Å². The van der Waals surface area contributed by atoms with Crippen LogP contribution >= 0.6 is 11.8 Å². The first-order chi connectivity index (χ1) is 15.7. The van der Waals surface area contributed by atoms with Crippen LogP contribution in [0, 0.1) is 5.41 Å². The smallest absolute Gasteiger partial charge is 0.283 e. The van der Waals surface area contributed by atoms with E-state index in [9.17, 15) is 4.79 Å². The molecule has 0 saturated heterocycles. The van der Waals surface area contributed by atoms with Gasteiger partial charge in [-0.1, -0.05) is 36.4 Å². The Morgan fingerprint density at radius 2 is 1.88 bits per heavy atom. The number of amidine groups is 2. The number of hydrogen-bond acceptors (Lipinski definition) is 5. The SMILES string of the molecule is N=C1/C(=C/c2cccn2-c2cccc3ccccc23)C(=O)N=C2SC(c3ccco3)=NN12. The van der Waals surface area contributed by atoms with Gasteiger partial charge >= 0.3 is 0 Å². The van der Waals surface area contributed by atoms with Gasteiger partial charge in [-0.25, -0.2) is 0 Å². The third-order valence-corrected chi connectivity index (χ3v) is 6.21. The Morgan fingerprint density at radius 1 is 1.00 bits per heavy atom. The van der Waals surface area contributed by atoms with Gasteiger partial charge in [-0.3, -0.25) is 10.2 Å². The minimum atomic E-state index is -0.463. The summed E-state index contributed by atoms with van der Waals surface area (Å²) in [5.74, 6) is 0.0951. The summed E-state index contributed by atoms with van der Waals surface area (Å²) in [6.45, 7) is 0. The lowest BCUT2D eigenvalue weighted by molar-refractivity contribution is -0.114. The molecule has 0 aliphatic carbocycles. The lowest BCUT2D eigenvalue weighted by Crippen LogP contribution is -2.35. The van der Waals surface area contributed by atoms with Crippen LogP contribution in [0.25, 0.3) is 22.5 Å². The summed E-state index contributed by atoms with van der Waals surface area (Å²) in [7, 11) is 0. The Labute approximate surface area is 186 Å². The van der Waals surface area contributed by atoms with Gasteiger partial charge in [0.1, 0.15) is 0 Å². The molecule has 2 aromatic carbocycles. The number of hydrazone groups is 1. The Bertz CT molecular complexity index is 1490. The van der Waals surface area contributed by atoms with Gasteiger partial charge in [0.25, 0.3) is 5.91 Å². The molecule has 0 atom stereocenters. The van der Waals surface area contributed by atoms with Gasteiger partial charge in [0.15, 0.2) is 16.6 Å². The van der Waals surface area contributed by atoms with Gasteiger partial charge in [0.05, 0.1) is 17.5 Å². The molecule has 0 unspecified atom stereocenters. The zero-order valence-corrected chi connectivity index (χ0v) is 17.4. The maximum Gasteiger partial charge on any atom is 0.283 e. The fourth-order valence-electron chi connectivity index (χ4n) is 3.79. The van der Waals surface area contributed by atoms with Crippen LogP contribution in [0.5, 0.6) is 0 Å². The number of thioether (sulfide) groups is 1. The monoisotopic (exact) mass is 437 g/mol. The highest BCUT2D eigenvalue weighted by Gasteiger charge is 2.36. The fraction of sp³-hybridized carbons (Fsp3) is 0. The van der Waals surface area contributed by atoms with E-state index in [-0.39, 0.29) is 11.4 Å². The molecule has 7 nitrogen and oxygen atoms in total. The number of fused-ring (bicyclic) bond motifs is 2. The van der Waals surface area contributed by atoms with E-state index in [1.165, 1.54) is 16.8 Å². The molecular weight excluding hydrogens is 422 g/mol. The number of aliphatic imine (C=N–C) groups is 1. The number of hydrogen-bond donors (Lipinski definition) is 1. The Kier molecular flexibility index (Phi) is 4.19. The summed E-state index contributed by atoms with van der Waals surface area (Å²) >= 11 is 1.21. The number of nitrogens with one attached hydrogen (secondary N) is 1. The Hall–Kier alpha value is -4.17. The summed E-state index contributed by atoms with van der Waals surface area (Å²) in [6, 6.07) is 21.6. The van der Waals surface area contributed by atoms with Gasteiger partial charge < -0.3 is 8.98 Å². The highest BCUT2D eigenvalue weighted by Crippen LogP contribution is 2.31. The summed E-state index contributed by atoms with van der Waals surface area (Å²) < 4.78 is 7.40. The van der Waals surface area contributed by atoms with Gasteiger partial charge in [-0.05, 0) is 53.6 Å². The minimum absolute atomic E-state index is 0.0141. The molecule has 8 heteroatoms. The number of furan rings is 1. The van der Waals surface area contributed by atoms with E-state index < -0.39 is 5.91 Å².